The quantitative estimate of drug-likeness (QED) is 0.420. The van der Waals surface area contributed by atoms with Crippen LogP contribution in [0.2, 0.25) is 0 Å². The average molecular weight is 360 g/mol. The largest absolute Gasteiger partial charge is 0.458 e. The van der Waals surface area contributed by atoms with Crippen LogP contribution in [0.5, 0.6) is 0 Å². The molecule has 1 rings (SSSR count). The highest BCUT2D eigenvalue weighted by Gasteiger charge is 2.39. The number of carbonyl (C=O) groups is 2. The van der Waals surface area contributed by atoms with Crippen LogP contribution in [0, 0.1) is 17.8 Å². The fourth-order valence-electron chi connectivity index (χ4n) is 2.94. The number of hydrogen-bond donors (Lipinski definition) is 1. The van der Waals surface area contributed by atoms with E-state index < -0.39 is 24.1 Å². The molecule has 1 aliphatic carbocycles. The van der Waals surface area contributed by atoms with Crippen LogP contribution in [0.25, 0.3) is 0 Å². The van der Waals surface area contributed by atoms with Crippen molar-refractivity contribution in [3.05, 3.63) is 47.6 Å². The summed E-state index contributed by atoms with van der Waals surface area (Å²) in [4.78, 5) is 23.5. The Kier molecular flexibility index (Phi) is 8.73. The minimum Gasteiger partial charge on any atom is -0.458 e. The molecule has 4 nitrogen and oxygen atoms in total. The lowest BCUT2D eigenvalue weighted by Gasteiger charge is -2.32. The van der Waals surface area contributed by atoms with Gasteiger partial charge in [-0.05, 0) is 43.8 Å². The first-order valence-electron chi connectivity index (χ1n) is 9.23. The van der Waals surface area contributed by atoms with E-state index in [0.717, 1.165) is 12.0 Å². The molecule has 0 unspecified atom stereocenters. The molecule has 0 bridgehead atoms. The minimum absolute atomic E-state index is 0.294. The summed E-state index contributed by atoms with van der Waals surface area (Å²) in [7, 11) is 0. The maximum Gasteiger partial charge on any atom is 0.303 e. The van der Waals surface area contributed by atoms with Crippen molar-refractivity contribution in [1.29, 1.82) is 0 Å². The molecule has 1 N–H and O–H groups in total. The van der Waals surface area contributed by atoms with E-state index in [1.165, 1.54) is 6.92 Å². The summed E-state index contributed by atoms with van der Waals surface area (Å²) in [5, 5.41) is 10.4. The molecule has 0 radical (unpaired) electrons. The van der Waals surface area contributed by atoms with Crippen LogP contribution in [-0.4, -0.2) is 29.1 Å². The molecule has 4 heteroatoms. The number of Topliss-reactive ketones (excluding diaryl/α,β-unsaturated/α-hetero) is 1. The van der Waals surface area contributed by atoms with Crippen molar-refractivity contribution in [3.8, 4) is 0 Å². The summed E-state index contributed by atoms with van der Waals surface area (Å²) in [6.07, 6.45) is 11.0. The number of ketones is 1. The number of esters is 1. The normalized spacial score (nSPS) is 25.8. The lowest BCUT2D eigenvalue weighted by atomic mass is 9.79. The van der Waals surface area contributed by atoms with Crippen molar-refractivity contribution in [2.45, 2.75) is 60.2 Å². The molecule has 0 saturated heterocycles. The van der Waals surface area contributed by atoms with E-state index in [-0.39, 0.29) is 5.78 Å². The number of rotatable bonds is 7. The predicted octanol–water partition coefficient (Wildman–Crippen LogP) is 4.17. The van der Waals surface area contributed by atoms with Crippen LogP contribution in [0.1, 0.15) is 48.0 Å². The van der Waals surface area contributed by atoms with Gasteiger partial charge in [0.25, 0.3) is 0 Å². The van der Waals surface area contributed by atoms with Gasteiger partial charge in [0.2, 0.25) is 0 Å². The minimum atomic E-state index is -1.20. The van der Waals surface area contributed by atoms with Gasteiger partial charge in [-0.25, -0.2) is 0 Å². The Morgan fingerprint density at radius 1 is 1.27 bits per heavy atom. The number of aliphatic hydroxyl groups is 1. The summed E-state index contributed by atoms with van der Waals surface area (Å²) < 4.78 is 5.31. The first-order valence-corrected chi connectivity index (χ1v) is 9.23. The molecule has 4 atom stereocenters. The van der Waals surface area contributed by atoms with Gasteiger partial charge in [0.1, 0.15) is 12.2 Å². The van der Waals surface area contributed by atoms with Crippen molar-refractivity contribution >= 4 is 11.8 Å². The van der Waals surface area contributed by atoms with Crippen LogP contribution < -0.4 is 0 Å². The number of aliphatic hydroxyl groups excluding tert-OH is 1. The number of carbonyl (C=O) groups excluding carboxylic acids is 2. The third kappa shape index (κ3) is 6.75. The smallest absolute Gasteiger partial charge is 0.303 e. The molecule has 0 fully saturated rings. The van der Waals surface area contributed by atoms with Gasteiger partial charge in [-0.2, -0.15) is 0 Å². The lowest BCUT2D eigenvalue weighted by Crippen LogP contribution is -2.43. The Balaban J connectivity index is 2.89. The molecule has 0 saturated carbocycles. The van der Waals surface area contributed by atoms with Gasteiger partial charge in [0, 0.05) is 6.92 Å². The molecule has 0 heterocycles. The van der Waals surface area contributed by atoms with E-state index >= 15 is 0 Å². The molecule has 144 valence electrons. The van der Waals surface area contributed by atoms with E-state index in [0.29, 0.717) is 17.4 Å². The summed E-state index contributed by atoms with van der Waals surface area (Å²) in [6.45, 7) is 11.3. The van der Waals surface area contributed by atoms with Gasteiger partial charge in [-0.3, -0.25) is 9.59 Å². The zero-order valence-corrected chi connectivity index (χ0v) is 16.7. The number of hydrogen-bond acceptors (Lipinski definition) is 4. The summed E-state index contributed by atoms with van der Waals surface area (Å²) in [5.41, 5.74) is 1.22. The van der Waals surface area contributed by atoms with Gasteiger partial charge in [-0.1, -0.05) is 56.7 Å². The molecular weight excluding hydrogens is 328 g/mol. The Morgan fingerprint density at radius 2 is 1.92 bits per heavy atom. The van der Waals surface area contributed by atoms with Crippen molar-refractivity contribution in [2.75, 3.05) is 0 Å². The van der Waals surface area contributed by atoms with Crippen LogP contribution >= 0.6 is 0 Å². The average Bonchev–Trinajstić information content (AvgIpc) is 2.51. The fourth-order valence-corrected chi connectivity index (χ4v) is 2.94. The van der Waals surface area contributed by atoms with Crippen molar-refractivity contribution in [2.24, 2.45) is 17.8 Å². The Labute approximate surface area is 157 Å². The van der Waals surface area contributed by atoms with Gasteiger partial charge in [0.15, 0.2) is 5.78 Å². The van der Waals surface area contributed by atoms with Gasteiger partial charge >= 0.3 is 5.97 Å². The highest BCUT2D eigenvalue weighted by Crippen LogP contribution is 2.30. The third-order valence-electron chi connectivity index (χ3n) is 4.41. The molecular formula is C22H32O4. The van der Waals surface area contributed by atoms with Gasteiger partial charge in [0.05, 0.1) is 5.92 Å². The van der Waals surface area contributed by atoms with E-state index in [1.54, 1.807) is 13.0 Å². The zero-order chi connectivity index (χ0) is 19.9. The van der Waals surface area contributed by atoms with E-state index in [1.807, 2.05) is 19.1 Å². The van der Waals surface area contributed by atoms with Crippen LogP contribution in [0.15, 0.2) is 47.6 Å². The first-order chi connectivity index (χ1) is 12.1. The summed E-state index contributed by atoms with van der Waals surface area (Å²) in [6, 6.07) is 0. The molecule has 1 aliphatic rings. The first kappa shape index (κ1) is 22.1. The SMILES string of the molecule is CC(=O)O[C@H]1C=C(C)C(=O)[C@H](O)[C@H]1/C(C)=C/C=C/[C@H](C)/C=C\CC(C)C. The van der Waals surface area contributed by atoms with Crippen LogP contribution in [0.3, 0.4) is 0 Å². The highest BCUT2D eigenvalue weighted by molar-refractivity contribution is 5.99. The van der Waals surface area contributed by atoms with Crippen molar-refractivity contribution in [3.63, 3.8) is 0 Å². The zero-order valence-electron chi connectivity index (χ0n) is 16.7. The van der Waals surface area contributed by atoms with Gasteiger partial charge in [-0.15, -0.1) is 0 Å². The maximum absolute atomic E-state index is 12.1. The second-order valence-electron chi connectivity index (χ2n) is 7.47. The predicted molar refractivity (Wildman–Crippen MR) is 104 cm³/mol. The van der Waals surface area contributed by atoms with Crippen molar-refractivity contribution < 1.29 is 19.4 Å². The maximum atomic E-state index is 12.1. The van der Waals surface area contributed by atoms with Crippen LogP contribution in [-0.2, 0) is 14.3 Å². The van der Waals surface area contributed by atoms with Gasteiger partial charge < -0.3 is 9.84 Å². The second-order valence-corrected chi connectivity index (χ2v) is 7.47. The second kappa shape index (κ2) is 10.3. The summed E-state index contributed by atoms with van der Waals surface area (Å²) >= 11 is 0. The molecule has 0 aromatic carbocycles. The van der Waals surface area contributed by atoms with E-state index in [4.69, 9.17) is 4.74 Å². The third-order valence-corrected chi connectivity index (χ3v) is 4.41. The molecule has 0 aromatic heterocycles. The Hall–Kier alpha value is -1.94. The fraction of sp³-hybridized carbons (Fsp3) is 0.545. The molecule has 0 amide bonds. The van der Waals surface area contributed by atoms with E-state index in [9.17, 15) is 14.7 Å². The Morgan fingerprint density at radius 3 is 2.50 bits per heavy atom. The van der Waals surface area contributed by atoms with Crippen LogP contribution in [0.4, 0.5) is 0 Å². The number of allylic oxidation sites excluding steroid dienone is 5. The topological polar surface area (TPSA) is 63.6 Å². The number of ether oxygens (including phenoxy) is 1. The Bertz CT molecular complexity index is 622. The lowest BCUT2D eigenvalue weighted by molar-refractivity contribution is -0.150. The molecule has 26 heavy (non-hydrogen) atoms. The monoisotopic (exact) mass is 360 g/mol. The molecule has 0 aliphatic heterocycles. The van der Waals surface area contributed by atoms with E-state index in [2.05, 4.69) is 39.0 Å². The summed E-state index contributed by atoms with van der Waals surface area (Å²) in [5.74, 6) is -0.378. The standard InChI is InChI=1S/C22H32O4/c1-14(2)9-7-10-15(3)11-8-12-16(4)20-19(26-18(6)23)13-17(5)21(24)22(20)25/h7-8,10-15,19-20,22,25H,9H2,1-6H3/b10-7-,11-8+,16-12+/t15-,19+,20+,22-/m1/s1. The molecule has 0 aromatic rings. The molecule has 0 spiro atoms. The van der Waals surface area contributed by atoms with Crippen molar-refractivity contribution in [1.82, 2.24) is 0 Å². The highest BCUT2D eigenvalue weighted by atomic mass is 16.5.